The molecule has 2 saturated heterocycles. The predicted octanol–water partition coefficient (Wildman–Crippen LogP) is 1.91. The van der Waals surface area contributed by atoms with Crippen molar-refractivity contribution >= 4 is 35.1 Å². The van der Waals surface area contributed by atoms with Crippen molar-refractivity contribution in [3.63, 3.8) is 0 Å². The molecule has 0 spiro atoms. The Kier molecular flexibility index (Phi) is 8.05. The second kappa shape index (κ2) is 11.8. The minimum absolute atomic E-state index is 0.0690. The van der Waals surface area contributed by atoms with Gasteiger partial charge in [-0.15, -0.1) is 0 Å². The van der Waals surface area contributed by atoms with Crippen molar-refractivity contribution in [1.29, 1.82) is 0 Å². The Bertz CT molecular complexity index is 1290. The standard InChI is InChI=1S/C27H36N10O2/c1-16-4-6-17(7-5-16)24(39)33-22-9-8-20(12-23(22)38)31-25-34-26(32-21-3-2-10-30-13-21)36-27(35-25)37-14-18(28)11-19(29)15-37/h4-9,12,18-19,21,30,38H,2-3,10-11,13-15,28-29H2,1H3,(H,33,39)(H2,31,32,34,35,36). The largest absolute Gasteiger partial charge is 0.506 e. The van der Waals surface area contributed by atoms with E-state index in [1.807, 2.05) is 24.0 Å². The molecule has 9 N–H and O–H groups in total. The van der Waals surface area contributed by atoms with Crippen molar-refractivity contribution in [2.75, 3.05) is 47.0 Å². The van der Waals surface area contributed by atoms with Crippen LogP contribution < -0.4 is 37.6 Å². The number of phenolic OH excluding ortho intramolecular Hbond substituents is 1. The van der Waals surface area contributed by atoms with Crippen molar-refractivity contribution in [2.45, 2.75) is 44.3 Å². The summed E-state index contributed by atoms with van der Waals surface area (Å²) in [6, 6.07) is 12.2. The van der Waals surface area contributed by atoms with Crippen LogP contribution in [0.25, 0.3) is 0 Å². The summed E-state index contributed by atoms with van der Waals surface area (Å²) in [5, 5.41) is 23.4. The fourth-order valence-corrected chi connectivity index (χ4v) is 4.87. The molecule has 39 heavy (non-hydrogen) atoms. The number of amides is 1. The van der Waals surface area contributed by atoms with Gasteiger partial charge in [-0.05, 0) is 57.0 Å². The highest BCUT2D eigenvalue weighted by Crippen LogP contribution is 2.29. The first kappa shape index (κ1) is 26.6. The quantitative estimate of drug-likeness (QED) is 0.221. The van der Waals surface area contributed by atoms with E-state index in [4.69, 9.17) is 11.5 Å². The Hall–Kier alpha value is -4.00. The molecule has 0 radical (unpaired) electrons. The number of phenols is 1. The van der Waals surface area contributed by atoms with Gasteiger partial charge >= 0.3 is 0 Å². The summed E-state index contributed by atoms with van der Waals surface area (Å²) in [6.07, 6.45) is 2.83. The molecule has 12 nitrogen and oxygen atoms in total. The van der Waals surface area contributed by atoms with Crippen LogP contribution >= 0.6 is 0 Å². The second-order valence-corrected chi connectivity index (χ2v) is 10.3. The molecule has 3 atom stereocenters. The zero-order chi connectivity index (χ0) is 27.4. The van der Waals surface area contributed by atoms with Gasteiger partial charge in [0, 0.05) is 55.1 Å². The molecule has 5 rings (SSSR count). The van der Waals surface area contributed by atoms with Gasteiger partial charge in [-0.25, -0.2) is 0 Å². The van der Waals surface area contributed by atoms with E-state index >= 15 is 0 Å². The molecular weight excluding hydrogens is 496 g/mol. The number of hydrogen-bond acceptors (Lipinski definition) is 11. The highest BCUT2D eigenvalue weighted by molar-refractivity contribution is 6.05. The lowest BCUT2D eigenvalue weighted by molar-refractivity contribution is 0.102. The van der Waals surface area contributed by atoms with Crippen molar-refractivity contribution in [3.8, 4) is 5.75 Å². The average Bonchev–Trinajstić information content (AvgIpc) is 2.90. The molecule has 0 bridgehead atoms. The van der Waals surface area contributed by atoms with Crippen LogP contribution in [0, 0.1) is 6.92 Å². The fraction of sp³-hybridized carbons (Fsp3) is 0.407. The lowest BCUT2D eigenvalue weighted by Gasteiger charge is -2.34. The normalized spacial score (nSPS) is 21.3. The summed E-state index contributed by atoms with van der Waals surface area (Å²) in [5.41, 5.74) is 14.9. The smallest absolute Gasteiger partial charge is 0.255 e. The zero-order valence-electron chi connectivity index (χ0n) is 22.0. The minimum atomic E-state index is -0.306. The topological polar surface area (TPSA) is 179 Å². The zero-order valence-corrected chi connectivity index (χ0v) is 22.0. The number of aromatic hydroxyl groups is 1. The number of nitrogens with two attached hydrogens (primary N) is 2. The van der Waals surface area contributed by atoms with Gasteiger partial charge in [-0.3, -0.25) is 4.79 Å². The van der Waals surface area contributed by atoms with E-state index in [0.717, 1.165) is 37.9 Å². The van der Waals surface area contributed by atoms with E-state index < -0.39 is 0 Å². The number of nitrogens with zero attached hydrogens (tertiary/aromatic N) is 4. The third-order valence-corrected chi connectivity index (χ3v) is 6.87. The van der Waals surface area contributed by atoms with Crippen LogP contribution in [0.4, 0.5) is 29.2 Å². The molecule has 206 valence electrons. The van der Waals surface area contributed by atoms with E-state index in [-0.39, 0.29) is 29.8 Å². The van der Waals surface area contributed by atoms with Gasteiger partial charge in [0.15, 0.2) is 0 Å². The highest BCUT2D eigenvalue weighted by atomic mass is 16.3. The fourth-order valence-electron chi connectivity index (χ4n) is 4.87. The Balaban J connectivity index is 1.35. The Morgan fingerprint density at radius 1 is 1.05 bits per heavy atom. The molecule has 2 aliphatic rings. The van der Waals surface area contributed by atoms with E-state index in [1.54, 1.807) is 24.3 Å². The van der Waals surface area contributed by atoms with E-state index in [9.17, 15) is 9.90 Å². The van der Waals surface area contributed by atoms with Crippen molar-refractivity contribution in [2.24, 2.45) is 11.5 Å². The van der Waals surface area contributed by atoms with Gasteiger partial charge in [-0.2, -0.15) is 15.0 Å². The SMILES string of the molecule is Cc1ccc(C(=O)Nc2ccc(Nc3nc(NC4CCCNC4)nc(N4CC(N)CC(N)C4)n3)cc2O)cc1. The van der Waals surface area contributed by atoms with Gasteiger partial charge in [0.25, 0.3) is 5.91 Å². The van der Waals surface area contributed by atoms with Crippen LogP contribution in [0.1, 0.15) is 35.2 Å². The molecule has 0 saturated carbocycles. The van der Waals surface area contributed by atoms with Crippen LogP contribution in [0.5, 0.6) is 5.75 Å². The molecule has 3 unspecified atom stereocenters. The molecule has 0 aliphatic carbocycles. The van der Waals surface area contributed by atoms with Crippen LogP contribution in [-0.4, -0.2) is 70.3 Å². The van der Waals surface area contributed by atoms with Gasteiger partial charge < -0.3 is 42.7 Å². The second-order valence-electron chi connectivity index (χ2n) is 10.3. The molecule has 3 heterocycles. The maximum Gasteiger partial charge on any atom is 0.255 e. The highest BCUT2D eigenvalue weighted by Gasteiger charge is 2.26. The predicted molar refractivity (Wildman–Crippen MR) is 153 cm³/mol. The summed E-state index contributed by atoms with van der Waals surface area (Å²) < 4.78 is 0. The maximum absolute atomic E-state index is 12.6. The molecule has 3 aromatic rings. The van der Waals surface area contributed by atoms with Crippen LogP contribution in [0.15, 0.2) is 42.5 Å². The number of anilines is 5. The monoisotopic (exact) mass is 532 g/mol. The Labute approximate surface area is 227 Å². The van der Waals surface area contributed by atoms with E-state index in [1.165, 1.54) is 6.07 Å². The molecule has 1 amide bonds. The summed E-state index contributed by atoms with van der Waals surface area (Å²) in [5.74, 6) is 0.855. The van der Waals surface area contributed by atoms with Crippen LogP contribution in [-0.2, 0) is 0 Å². The average molecular weight is 533 g/mol. The molecule has 2 aromatic carbocycles. The molecule has 2 fully saturated rings. The van der Waals surface area contributed by atoms with Gasteiger partial charge in [0.1, 0.15) is 5.75 Å². The number of nitrogens with one attached hydrogen (secondary N) is 4. The number of benzene rings is 2. The lowest BCUT2D eigenvalue weighted by atomic mass is 10.0. The minimum Gasteiger partial charge on any atom is -0.506 e. The third kappa shape index (κ3) is 6.91. The van der Waals surface area contributed by atoms with Crippen molar-refractivity contribution < 1.29 is 9.90 Å². The van der Waals surface area contributed by atoms with Gasteiger partial charge in [-0.1, -0.05) is 17.7 Å². The molecule has 12 heteroatoms. The van der Waals surface area contributed by atoms with Crippen LogP contribution in [0.2, 0.25) is 0 Å². The van der Waals surface area contributed by atoms with Crippen LogP contribution in [0.3, 0.4) is 0 Å². The summed E-state index contributed by atoms with van der Waals surface area (Å²) in [7, 11) is 0. The first-order valence-electron chi connectivity index (χ1n) is 13.3. The Morgan fingerprint density at radius 3 is 2.49 bits per heavy atom. The number of rotatable bonds is 7. The number of hydrogen-bond donors (Lipinski definition) is 7. The summed E-state index contributed by atoms with van der Waals surface area (Å²) in [4.78, 5) is 28.5. The van der Waals surface area contributed by atoms with Gasteiger partial charge in [0.2, 0.25) is 17.8 Å². The maximum atomic E-state index is 12.6. The first-order valence-corrected chi connectivity index (χ1v) is 13.3. The molecule has 2 aliphatic heterocycles. The van der Waals surface area contributed by atoms with E-state index in [0.29, 0.717) is 47.9 Å². The number of piperidine rings is 2. The van der Waals surface area contributed by atoms with E-state index in [2.05, 4.69) is 36.2 Å². The van der Waals surface area contributed by atoms with Gasteiger partial charge in [0.05, 0.1) is 5.69 Å². The lowest BCUT2D eigenvalue weighted by Crippen LogP contribution is -2.53. The number of aromatic nitrogens is 3. The molecular formula is C27H36N10O2. The summed E-state index contributed by atoms with van der Waals surface area (Å²) in [6.45, 7) is 4.97. The summed E-state index contributed by atoms with van der Waals surface area (Å²) >= 11 is 0. The third-order valence-electron chi connectivity index (χ3n) is 6.87. The Morgan fingerprint density at radius 2 is 1.79 bits per heavy atom. The first-order chi connectivity index (χ1) is 18.8. The number of aryl methyl sites for hydroxylation is 1. The number of carbonyl (C=O) groups excluding carboxylic acids is 1. The van der Waals surface area contributed by atoms with Crippen molar-refractivity contribution in [3.05, 3.63) is 53.6 Å². The molecule has 1 aromatic heterocycles. The number of carbonyl (C=O) groups is 1. The van der Waals surface area contributed by atoms with Crippen molar-refractivity contribution in [1.82, 2.24) is 20.3 Å².